The van der Waals surface area contributed by atoms with E-state index in [2.05, 4.69) is 25.5 Å². The molecule has 1 saturated carbocycles. The number of aromatic nitrogens is 4. The Labute approximate surface area is 133 Å². The molecule has 0 atom stereocenters. The summed E-state index contributed by atoms with van der Waals surface area (Å²) in [6, 6.07) is 6.01. The summed E-state index contributed by atoms with van der Waals surface area (Å²) in [5.74, 6) is -0.0126. The zero-order valence-corrected chi connectivity index (χ0v) is 12.8. The SMILES string of the molecule is O=C(NC1CCCCC1)c1c[nH]c(-c2[nH]nc3ncccc23)c1. The molecule has 6 heteroatoms. The van der Waals surface area contributed by atoms with Crippen LogP contribution >= 0.6 is 0 Å². The second-order valence-corrected chi connectivity index (χ2v) is 6.08. The van der Waals surface area contributed by atoms with Gasteiger partial charge in [-0.1, -0.05) is 19.3 Å². The van der Waals surface area contributed by atoms with Gasteiger partial charge in [-0.05, 0) is 31.0 Å². The second kappa shape index (κ2) is 5.87. The zero-order valence-electron chi connectivity index (χ0n) is 12.8. The standard InChI is InChI=1S/C17H19N5O/c23-17(20-12-5-2-1-3-6-12)11-9-14(19-10-11)15-13-7-4-8-18-16(13)22-21-15/h4,7-10,12,19H,1-3,5-6H2,(H,20,23)(H,18,21,22). The van der Waals surface area contributed by atoms with Gasteiger partial charge in [-0.2, -0.15) is 5.10 Å². The van der Waals surface area contributed by atoms with E-state index in [1.54, 1.807) is 12.4 Å². The van der Waals surface area contributed by atoms with E-state index in [9.17, 15) is 4.79 Å². The number of rotatable bonds is 3. The zero-order chi connectivity index (χ0) is 15.6. The molecule has 0 aromatic carbocycles. The number of carbonyl (C=O) groups excluding carboxylic acids is 1. The number of amides is 1. The summed E-state index contributed by atoms with van der Waals surface area (Å²) in [5.41, 5.74) is 3.02. The molecule has 4 rings (SSSR count). The maximum absolute atomic E-state index is 12.4. The molecule has 0 saturated heterocycles. The molecule has 3 N–H and O–H groups in total. The first-order valence-corrected chi connectivity index (χ1v) is 8.10. The Hall–Kier alpha value is -2.63. The lowest BCUT2D eigenvalue weighted by atomic mass is 9.95. The normalized spacial score (nSPS) is 15.8. The van der Waals surface area contributed by atoms with Crippen molar-refractivity contribution in [3.63, 3.8) is 0 Å². The highest BCUT2D eigenvalue weighted by Crippen LogP contribution is 2.25. The molecule has 0 unspecified atom stereocenters. The van der Waals surface area contributed by atoms with Gasteiger partial charge in [0.1, 0.15) is 0 Å². The number of aromatic amines is 2. The first kappa shape index (κ1) is 14.0. The molecule has 23 heavy (non-hydrogen) atoms. The van der Waals surface area contributed by atoms with Crippen molar-refractivity contribution in [3.8, 4) is 11.4 Å². The van der Waals surface area contributed by atoms with Crippen LogP contribution in [0.5, 0.6) is 0 Å². The summed E-state index contributed by atoms with van der Waals surface area (Å²) in [5, 5.41) is 11.2. The molecule has 6 nitrogen and oxygen atoms in total. The molecule has 3 heterocycles. The lowest BCUT2D eigenvalue weighted by Crippen LogP contribution is -2.35. The van der Waals surface area contributed by atoms with E-state index in [4.69, 9.17) is 0 Å². The van der Waals surface area contributed by atoms with Crippen LogP contribution in [0.3, 0.4) is 0 Å². The smallest absolute Gasteiger partial charge is 0.253 e. The van der Waals surface area contributed by atoms with Gasteiger partial charge in [-0.25, -0.2) is 4.98 Å². The summed E-state index contributed by atoms with van der Waals surface area (Å²) in [7, 11) is 0. The molecule has 1 fully saturated rings. The van der Waals surface area contributed by atoms with Gasteiger partial charge in [-0.3, -0.25) is 9.89 Å². The summed E-state index contributed by atoms with van der Waals surface area (Å²) in [4.78, 5) is 19.8. The fourth-order valence-corrected chi connectivity index (χ4v) is 3.24. The Bertz CT molecular complexity index is 828. The first-order chi connectivity index (χ1) is 11.3. The molecular formula is C17H19N5O. The molecule has 3 aromatic rings. The highest BCUT2D eigenvalue weighted by atomic mass is 16.1. The lowest BCUT2D eigenvalue weighted by Gasteiger charge is -2.22. The first-order valence-electron chi connectivity index (χ1n) is 8.10. The van der Waals surface area contributed by atoms with Crippen molar-refractivity contribution in [2.45, 2.75) is 38.1 Å². The van der Waals surface area contributed by atoms with Crippen molar-refractivity contribution >= 4 is 16.9 Å². The summed E-state index contributed by atoms with van der Waals surface area (Å²) in [6.45, 7) is 0. The Morgan fingerprint density at radius 1 is 1.26 bits per heavy atom. The van der Waals surface area contributed by atoms with Crippen LogP contribution in [-0.4, -0.2) is 32.1 Å². The lowest BCUT2D eigenvalue weighted by molar-refractivity contribution is 0.0928. The number of nitrogens with zero attached hydrogens (tertiary/aromatic N) is 2. The molecule has 3 aromatic heterocycles. The third kappa shape index (κ3) is 2.72. The molecule has 0 spiro atoms. The van der Waals surface area contributed by atoms with E-state index in [1.165, 1.54) is 19.3 Å². The van der Waals surface area contributed by atoms with Crippen LogP contribution < -0.4 is 5.32 Å². The van der Waals surface area contributed by atoms with Crippen molar-refractivity contribution in [2.24, 2.45) is 0 Å². The van der Waals surface area contributed by atoms with E-state index in [0.29, 0.717) is 17.3 Å². The monoisotopic (exact) mass is 309 g/mol. The minimum Gasteiger partial charge on any atom is -0.359 e. The topological polar surface area (TPSA) is 86.5 Å². The highest BCUT2D eigenvalue weighted by molar-refractivity contribution is 5.97. The quantitative estimate of drug-likeness (QED) is 0.695. The molecule has 118 valence electrons. The van der Waals surface area contributed by atoms with E-state index in [-0.39, 0.29) is 5.91 Å². The van der Waals surface area contributed by atoms with E-state index < -0.39 is 0 Å². The van der Waals surface area contributed by atoms with Gasteiger partial charge < -0.3 is 10.3 Å². The van der Waals surface area contributed by atoms with Crippen LogP contribution in [0, 0.1) is 0 Å². The van der Waals surface area contributed by atoms with Gasteiger partial charge in [-0.15, -0.1) is 0 Å². The van der Waals surface area contributed by atoms with E-state index >= 15 is 0 Å². The van der Waals surface area contributed by atoms with E-state index in [0.717, 1.165) is 29.6 Å². The van der Waals surface area contributed by atoms with Crippen LogP contribution in [0.4, 0.5) is 0 Å². The number of nitrogens with one attached hydrogen (secondary N) is 3. The van der Waals surface area contributed by atoms with E-state index in [1.807, 2.05) is 18.2 Å². The number of hydrogen-bond acceptors (Lipinski definition) is 3. The molecule has 0 aliphatic heterocycles. The number of hydrogen-bond donors (Lipinski definition) is 3. The summed E-state index contributed by atoms with van der Waals surface area (Å²) in [6.07, 6.45) is 9.32. The molecular weight excluding hydrogens is 290 g/mol. The molecule has 1 aliphatic carbocycles. The number of pyridine rings is 1. The maximum atomic E-state index is 12.4. The third-order valence-electron chi connectivity index (χ3n) is 4.48. The Balaban J connectivity index is 1.55. The van der Waals surface area contributed by atoms with Crippen molar-refractivity contribution in [1.29, 1.82) is 0 Å². The molecule has 0 radical (unpaired) electrons. The van der Waals surface area contributed by atoms with Gasteiger partial charge in [0.25, 0.3) is 5.91 Å². The minimum atomic E-state index is -0.0126. The fraction of sp³-hybridized carbons (Fsp3) is 0.353. The van der Waals surface area contributed by atoms with Gasteiger partial charge >= 0.3 is 0 Å². The third-order valence-corrected chi connectivity index (χ3v) is 4.48. The number of H-pyrrole nitrogens is 2. The summed E-state index contributed by atoms with van der Waals surface area (Å²) < 4.78 is 0. The van der Waals surface area contributed by atoms with Crippen molar-refractivity contribution < 1.29 is 4.79 Å². The van der Waals surface area contributed by atoms with Crippen molar-refractivity contribution in [1.82, 2.24) is 25.5 Å². The summed E-state index contributed by atoms with van der Waals surface area (Å²) >= 11 is 0. The van der Waals surface area contributed by atoms with Gasteiger partial charge in [0.2, 0.25) is 0 Å². The number of fused-ring (bicyclic) bond motifs is 1. The molecule has 1 amide bonds. The van der Waals surface area contributed by atoms with Crippen molar-refractivity contribution in [3.05, 3.63) is 36.2 Å². The largest absolute Gasteiger partial charge is 0.359 e. The van der Waals surface area contributed by atoms with Crippen LogP contribution in [0.15, 0.2) is 30.6 Å². The van der Waals surface area contributed by atoms with Gasteiger partial charge in [0.15, 0.2) is 5.65 Å². The predicted molar refractivity (Wildman–Crippen MR) is 88.0 cm³/mol. The minimum absolute atomic E-state index is 0.0126. The maximum Gasteiger partial charge on any atom is 0.253 e. The average molecular weight is 309 g/mol. The van der Waals surface area contributed by atoms with Gasteiger partial charge in [0, 0.05) is 23.8 Å². The Kier molecular flexibility index (Phi) is 3.57. The highest BCUT2D eigenvalue weighted by Gasteiger charge is 2.18. The number of carbonyl (C=O) groups is 1. The molecule has 1 aliphatic rings. The van der Waals surface area contributed by atoms with Crippen LogP contribution in [0.1, 0.15) is 42.5 Å². The van der Waals surface area contributed by atoms with Crippen molar-refractivity contribution in [2.75, 3.05) is 0 Å². The Morgan fingerprint density at radius 2 is 2.13 bits per heavy atom. The average Bonchev–Trinajstić information content (AvgIpc) is 3.22. The molecule has 0 bridgehead atoms. The van der Waals surface area contributed by atoms with Gasteiger partial charge in [0.05, 0.1) is 17.0 Å². The fourth-order valence-electron chi connectivity index (χ4n) is 3.24. The predicted octanol–water partition coefficient (Wildman–Crippen LogP) is 3.02. The Morgan fingerprint density at radius 3 is 3.00 bits per heavy atom. The second-order valence-electron chi connectivity index (χ2n) is 6.08. The van der Waals surface area contributed by atoms with Crippen LogP contribution in [-0.2, 0) is 0 Å². The van der Waals surface area contributed by atoms with Crippen LogP contribution in [0.2, 0.25) is 0 Å². The van der Waals surface area contributed by atoms with Crippen LogP contribution in [0.25, 0.3) is 22.4 Å².